The van der Waals surface area contributed by atoms with Crippen molar-refractivity contribution in [1.29, 1.82) is 0 Å². The summed E-state index contributed by atoms with van der Waals surface area (Å²) in [4.78, 5) is 27.1. The number of aryl methyl sites for hydroxylation is 1. The molecule has 0 fully saturated rings. The third-order valence-corrected chi connectivity index (χ3v) is 2.53. The molecule has 0 unspecified atom stereocenters. The van der Waals surface area contributed by atoms with Crippen LogP contribution >= 0.6 is 0 Å². The molecule has 7 nitrogen and oxygen atoms in total. The molecule has 0 spiro atoms. The van der Waals surface area contributed by atoms with Crippen LogP contribution in [0.5, 0.6) is 0 Å². The molecule has 0 radical (unpaired) electrons. The molecule has 2 rings (SSSR count). The van der Waals surface area contributed by atoms with Crippen molar-refractivity contribution in [2.45, 2.75) is 6.54 Å². The van der Waals surface area contributed by atoms with E-state index in [1.54, 1.807) is 12.4 Å². The first-order chi connectivity index (χ1) is 8.59. The SMILES string of the molecule is Cn1nc(NCc2ccncc2)c(=O)n(C)c1=O. The molecule has 0 aromatic carbocycles. The molecule has 0 aliphatic rings. The van der Waals surface area contributed by atoms with Gasteiger partial charge in [-0.15, -0.1) is 5.10 Å². The summed E-state index contributed by atoms with van der Waals surface area (Å²) >= 11 is 0. The van der Waals surface area contributed by atoms with Crippen LogP contribution in [0.1, 0.15) is 5.56 Å². The normalized spacial score (nSPS) is 10.3. The number of pyridine rings is 1. The molecule has 0 saturated carbocycles. The maximum atomic E-state index is 11.8. The minimum Gasteiger partial charge on any atom is -0.360 e. The van der Waals surface area contributed by atoms with E-state index in [2.05, 4.69) is 15.4 Å². The number of hydrogen-bond donors (Lipinski definition) is 1. The highest BCUT2D eigenvalue weighted by Crippen LogP contribution is 1.99. The second kappa shape index (κ2) is 4.82. The lowest BCUT2D eigenvalue weighted by Crippen LogP contribution is -2.39. The summed E-state index contributed by atoms with van der Waals surface area (Å²) in [7, 11) is 2.92. The van der Waals surface area contributed by atoms with Gasteiger partial charge in [-0.3, -0.25) is 14.3 Å². The van der Waals surface area contributed by atoms with Crippen molar-refractivity contribution in [3.8, 4) is 0 Å². The molecule has 0 amide bonds. The number of nitrogens with zero attached hydrogens (tertiary/aromatic N) is 4. The van der Waals surface area contributed by atoms with Crippen LogP contribution in [0.4, 0.5) is 5.82 Å². The average Bonchev–Trinajstić information content (AvgIpc) is 2.40. The van der Waals surface area contributed by atoms with Crippen LogP contribution in [-0.2, 0) is 20.6 Å². The van der Waals surface area contributed by atoms with Gasteiger partial charge in [0.2, 0.25) is 5.82 Å². The van der Waals surface area contributed by atoms with Crippen molar-refractivity contribution in [2.75, 3.05) is 5.32 Å². The Kier molecular flexibility index (Phi) is 3.22. The molecular formula is C11H13N5O2. The van der Waals surface area contributed by atoms with Crippen molar-refractivity contribution < 1.29 is 0 Å². The Bertz CT molecular complexity index is 659. The highest BCUT2D eigenvalue weighted by atomic mass is 16.2. The smallest absolute Gasteiger partial charge is 0.346 e. The molecule has 0 aliphatic heterocycles. The van der Waals surface area contributed by atoms with Gasteiger partial charge in [-0.05, 0) is 17.7 Å². The minimum absolute atomic E-state index is 0.149. The molecular weight excluding hydrogens is 234 g/mol. The Morgan fingerprint density at radius 3 is 2.56 bits per heavy atom. The van der Waals surface area contributed by atoms with E-state index in [-0.39, 0.29) is 5.82 Å². The molecule has 1 N–H and O–H groups in total. The summed E-state index contributed by atoms with van der Waals surface area (Å²) in [6.45, 7) is 0.447. The maximum Gasteiger partial charge on any atom is 0.346 e. The molecule has 7 heteroatoms. The predicted octanol–water partition coefficient (Wildman–Crippen LogP) is -0.514. The van der Waals surface area contributed by atoms with E-state index in [1.165, 1.54) is 14.1 Å². The van der Waals surface area contributed by atoms with Crippen molar-refractivity contribution >= 4 is 5.82 Å². The van der Waals surface area contributed by atoms with Crippen molar-refractivity contribution in [1.82, 2.24) is 19.3 Å². The first kappa shape index (κ1) is 12.0. The van der Waals surface area contributed by atoms with Gasteiger partial charge < -0.3 is 5.32 Å². The van der Waals surface area contributed by atoms with Crippen molar-refractivity contribution in [2.24, 2.45) is 14.1 Å². The second-order valence-electron chi connectivity index (χ2n) is 3.83. The van der Waals surface area contributed by atoms with E-state index in [1.807, 2.05) is 12.1 Å². The van der Waals surface area contributed by atoms with E-state index < -0.39 is 11.2 Å². The molecule has 2 aromatic heterocycles. The molecule has 0 aliphatic carbocycles. The summed E-state index contributed by atoms with van der Waals surface area (Å²) in [5, 5.41) is 6.80. The highest BCUT2D eigenvalue weighted by Gasteiger charge is 2.07. The van der Waals surface area contributed by atoms with Crippen molar-refractivity contribution in [3.63, 3.8) is 0 Å². The van der Waals surface area contributed by atoms with Gasteiger partial charge in [0, 0.05) is 33.0 Å². The zero-order valence-electron chi connectivity index (χ0n) is 10.1. The Hall–Kier alpha value is -2.44. The molecule has 0 saturated heterocycles. The summed E-state index contributed by atoms with van der Waals surface area (Å²) in [6.07, 6.45) is 3.34. The van der Waals surface area contributed by atoms with Crippen molar-refractivity contribution in [3.05, 3.63) is 50.9 Å². The van der Waals surface area contributed by atoms with E-state index >= 15 is 0 Å². The van der Waals surface area contributed by atoms with E-state index in [9.17, 15) is 9.59 Å². The fourth-order valence-electron chi connectivity index (χ4n) is 1.50. The molecule has 0 atom stereocenters. The van der Waals surface area contributed by atoms with Gasteiger partial charge in [0.05, 0.1) is 0 Å². The quantitative estimate of drug-likeness (QED) is 0.789. The summed E-state index contributed by atoms with van der Waals surface area (Å²) in [5.41, 5.74) is 0.0873. The summed E-state index contributed by atoms with van der Waals surface area (Å²) < 4.78 is 2.14. The third-order valence-electron chi connectivity index (χ3n) is 2.53. The first-order valence-corrected chi connectivity index (χ1v) is 5.36. The lowest BCUT2D eigenvalue weighted by molar-refractivity contribution is 0.604. The standard InChI is InChI=1S/C11H13N5O2/c1-15-10(17)9(14-16(2)11(15)18)13-7-8-3-5-12-6-4-8/h3-6H,7H2,1-2H3,(H,13,14). The molecule has 2 heterocycles. The zero-order valence-corrected chi connectivity index (χ0v) is 10.1. The average molecular weight is 247 g/mol. The Morgan fingerprint density at radius 2 is 1.89 bits per heavy atom. The van der Waals surface area contributed by atoms with Gasteiger partial charge in [-0.1, -0.05) is 0 Å². The molecule has 2 aromatic rings. The molecule has 94 valence electrons. The monoisotopic (exact) mass is 247 g/mol. The number of nitrogens with one attached hydrogen (secondary N) is 1. The predicted molar refractivity (Wildman–Crippen MR) is 66.3 cm³/mol. The van der Waals surface area contributed by atoms with Gasteiger partial charge in [-0.2, -0.15) is 0 Å². The minimum atomic E-state index is -0.450. The first-order valence-electron chi connectivity index (χ1n) is 5.36. The van der Waals surface area contributed by atoms with Crippen LogP contribution < -0.4 is 16.6 Å². The van der Waals surface area contributed by atoms with Gasteiger partial charge in [0.15, 0.2) is 0 Å². The summed E-state index contributed by atoms with van der Waals surface area (Å²) in [6, 6.07) is 3.67. The van der Waals surface area contributed by atoms with E-state index in [4.69, 9.17) is 0 Å². The van der Waals surface area contributed by atoms with Gasteiger partial charge in [-0.25, -0.2) is 9.48 Å². The van der Waals surface area contributed by atoms with Crippen LogP contribution in [0.3, 0.4) is 0 Å². The van der Waals surface area contributed by atoms with Crippen LogP contribution in [0, 0.1) is 0 Å². The van der Waals surface area contributed by atoms with Crippen LogP contribution in [-0.4, -0.2) is 19.3 Å². The number of anilines is 1. The van der Waals surface area contributed by atoms with Gasteiger partial charge >= 0.3 is 5.69 Å². The lowest BCUT2D eigenvalue weighted by atomic mass is 10.3. The van der Waals surface area contributed by atoms with Crippen LogP contribution in [0.2, 0.25) is 0 Å². The fourth-order valence-corrected chi connectivity index (χ4v) is 1.50. The largest absolute Gasteiger partial charge is 0.360 e. The lowest BCUT2D eigenvalue weighted by Gasteiger charge is -2.07. The topological polar surface area (TPSA) is 81.8 Å². The fraction of sp³-hybridized carbons (Fsp3) is 0.273. The molecule has 18 heavy (non-hydrogen) atoms. The van der Waals surface area contributed by atoms with Gasteiger partial charge in [0.25, 0.3) is 5.56 Å². The Balaban J connectivity index is 2.26. The number of rotatable bonds is 3. The Labute approximate surface area is 103 Å². The van der Waals surface area contributed by atoms with E-state index in [0.29, 0.717) is 6.54 Å². The maximum absolute atomic E-state index is 11.8. The van der Waals surface area contributed by atoms with E-state index in [0.717, 1.165) is 14.8 Å². The molecule has 0 bridgehead atoms. The second-order valence-corrected chi connectivity index (χ2v) is 3.83. The van der Waals surface area contributed by atoms with Crippen LogP contribution in [0.25, 0.3) is 0 Å². The number of aromatic nitrogens is 4. The summed E-state index contributed by atoms with van der Waals surface area (Å²) in [5.74, 6) is 0.149. The highest BCUT2D eigenvalue weighted by molar-refractivity contribution is 5.31. The van der Waals surface area contributed by atoms with Crippen LogP contribution in [0.15, 0.2) is 34.1 Å². The third kappa shape index (κ3) is 2.29. The Morgan fingerprint density at radius 1 is 1.22 bits per heavy atom. The number of hydrogen-bond acceptors (Lipinski definition) is 5. The zero-order chi connectivity index (χ0) is 13.1. The van der Waals surface area contributed by atoms with Gasteiger partial charge in [0.1, 0.15) is 0 Å².